The molecule has 0 atom stereocenters. The summed E-state index contributed by atoms with van der Waals surface area (Å²) in [6.45, 7) is 7.02. The molecule has 7 nitrogen and oxygen atoms in total. The van der Waals surface area contributed by atoms with Crippen LogP contribution < -0.4 is 9.47 Å². The van der Waals surface area contributed by atoms with Gasteiger partial charge in [0.2, 0.25) is 5.88 Å². The van der Waals surface area contributed by atoms with Crippen molar-refractivity contribution in [1.82, 2.24) is 14.9 Å². The monoisotopic (exact) mass is 437 g/mol. The Labute approximate surface area is 177 Å². The van der Waals surface area contributed by atoms with Crippen LogP contribution in [0.4, 0.5) is 4.39 Å². The lowest BCUT2D eigenvalue weighted by Crippen LogP contribution is -2.38. The summed E-state index contributed by atoms with van der Waals surface area (Å²) in [6, 6.07) is 3.70. The molecule has 9 heteroatoms. The molecule has 0 amide bonds. The third-order valence-corrected chi connectivity index (χ3v) is 6.19. The van der Waals surface area contributed by atoms with Crippen LogP contribution in [0, 0.1) is 12.7 Å². The van der Waals surface area contributed by atoms with Crippen LogP contribution in [-0.2, 0) is 9.84 Å². The van der Waals surface area contributed by atoms with Gasteiger partial charge >= 0.3 is 6.01 Å². The zero-order chi connectivity index (χ0) is 21.7. The molecule has 1 fully saturated rings. The van der Waals surface area contributed by atoms with Gasteiger partial charge < -0.3 is 14.4 Å². The van der Waals surface area contributed by atoms with E-state index in [4.69, 9.17) is 9.47 Å². The van der Waals surface area contributed by atoms with E-state index in [2.05, 4.69) is 21.8 Å². The van der Waals surface area contributed by atoms with Crippen molar-refractivity contribution < 1.29 is 22.3 Å². The van der Waals surface area contributed by atoms with Gasteiger partial charge in [0, 0.05) is 31.1 Å². The van der Waals surface area contributed by atoms with Crippen LogP contribution in [-0.4, -0.2) is 55.3 Å². The lowest BCUT2D eigenvalue weighted by molar-refractivity contribution is 0.0915. The molecule has 1 aromatic heterocycles. The van der Waals surface area contributed by atoms with Crippen LogP contribution in [0.25, 0.3) is 0 Å². The highest BCUT2D eigenvalue weighted by molar-refractivity contribution is 7.90. The highest BCUT2D eigenvalue weighted by atomic mass is 32.2. The lowest BCUT2D eigenvalue weighted by atomic mass is 10.1. The first kappa shape index (κ1) is 22.4. The average Bonchev–Trinajstić information content (AvgIpc) is 2.70. The molecule has 2 aromatic rings. The van der Waals surface area contributed by atoms with E-state index in [0.29, 0.717) is 5.56 Å². The molecule has 1 aromatic carbocycles. The molecule has 3 rings (SSSR count). The van der Waals surface area contributed by atoms with Gasteiger partial charge in [-0.15, -0.1) is 0 Å². The zero-order valence-electron chi connectivity index (χ0n) is 17.6. The third kappa shape index (κ3) is 5.89. The van der Waals surface area contributed by atoms with E-state index < -0.39 is 15.7 Å². The van der Waals surface area contributed by atoms with Crippen LogP contribution in [0.3, 0.4) is 0 Å². The van der Waals surface area contributed by atoms with Crippen LogP contribution in [0.1, 0.15) is 38.2 Å². The van der Waals surface area contributed by atoms with Crippen molar-refractivity contribution in [2.75, 3.05) is 25.9 Å². The summed E-state index contributed by atoms with van der Waals surface area (Å²) in [5.41, 5.74) is 0.614. The van der Waals surface area contributed by atoms with Gasteiger partial charge in [0.05, 0.1) is 4.90 Å². The number of likely N-dealkylation sites (tertiary alicyclic amines) is 1. The standard InChI is InChI=1S/C21H28FN3O4S/c1-4-5-10-25-11-8-16(9-12-25)28-21-23-14-15(2)20(24-21)29-19-7-6-17(13-18(19)22)30(3,26)27/h6-7,13-14,16H,4-5,8-12H2,1-3H3. The third-order valence-electron chi connectivity index (χ3n) is 5.08. The Morgan fingerprint density at radius 2 is 2.00 bits per heavy atom. The number of hydrogen-bond donors (Lipinski definition) is 0. The zero-order valence-corrected chi connectivity index (χ0v) is 18.4. The second kappa shape index (κ2) is 9.70. The van der Waals surface area contributed by atoms with Gasteiger partial charge in [-0.3, -0.25) is 0 Å². The number of halogens is 1. The quantitative estimate of drug-likeness (QED) is 0.622. The van der Waals surface area contributed by atoms with E-state index in [1.165, 1.54) is 25.0 Å². The van der Waals surface area contributed by atoms with Gasteiger partial charge in [-0.2, -0.15) is 4.98 Å². The molecule has 0 N–H and O–H groups in total. The Morgan fingerprint density at radius 3 is 2.63 bits per heavy atom. The first-order chi connectivity index (χ1) is 14.3. The fraction of sp³-hybridized carbons (Fsp3) is 0.524. The number of nitrogens with zero attached hydrogens (tertiary/aromatic N) is 3. The number of piperidine rings is 1. The summed E-state index contributed by atoms with van der Waals surface area (Å²) in [5, 5.41) is 0. The molecule has 0 unspecified atom stereocenters. The molecular weight excluding hydrogens is 409 g/mol. The molecule has 0 bridgehead atoms. The molecule has 2 heterocycles. The fourth-order valence-corrected chi connectivity index (χ4v) is 3.88. The van der Waals surface area contributed by atoms with Crippen molar-refractivity contribution in [3.63, 3.8) is 0 Å². The van der Waals surface area contributed by atoms with Crippen molar-refractivity contribution in [1.29, 1.82) is 0 Å². The number of aromatic nitrogens is 2. The number of ether oxygens (including phenoxy) is 2. The smallest absolute Gasteiger partial charge is 0.319 e. The van der Waals surface area contributed by atoms with Gasteiger partial charge in [-0.25, -0.2) is 17.8 Å². The number of hydrogen-bond acceptors (Lipinski definition) is 7. The maximum atomic E-state index is 14.3. The molecule has 0 spiro atoms. The Kier molecular flexibility index (Phi) is 7.25. The second-order valence-corrected chi connectivity index (χ2v) is 9.64. The summed E-state index contributed by atoms with van der Waals surface area (Å²) in [5.74, 6) is -0.719. The summed E-state index contributed by atoms with van der Waals surface area (Å²) in [7, 11) is -3.50. The molecule has 0 aliphatic carbocycles. The van der Waals surface area contributed by atoms with E-state index in [1.54, 1.807) is 13.1 Å². The molecule has 0 radical (unpaired) electrons. The second-order valence-electron chi connectivity index (χ2n) is 7.62. The number of rotatable bonds is 8. The van der Waals surface area contributed by atoms with Crippen molar-refractivity contribution in [2.24, 2.45) is 0 Å². The number of sulfone groups is 1. The SMILES string of the molecule is CCCCN1CCC(Oc2ncc(C)c(Oc3ccc(S(C)(=O)=O)cc3F)n2)CC1. The largest absolute Gasteiger partial charge is 0.460 e. The van der Waals surface area contributed by atoms with Gasteiger partial charge in [-0.1, -0.05) is 13.3 Å². The normalized spacial score (nSPS) is 15.9. The van der Waals surface area contributed by atoms with E-state index in [-0.39, 0.29) is 28.6 Å². The summed E-state index contributed by atoms with van der Waals surface area (Å²) in [4.78, 5) is 10.8. The Bertz CT molecular complexity index is 976. The first-order valence-corrected chi connectivity index (χ1v) is 12.1. The molecule has 1 aliphatic rings. The van der Waals surface area contributed by atoms with E-state index >= 15 is 0 Å². The van der Waals surface area contributed by atoms with Crippen molar-refractivity contribution >= 4 is 9.84 Å². The maximum absolute atomic E-state index is 14.3. The number of benzene rings is 1. The minimum Gasteiger partial charge on any atom is -0.460 e. The molecule has 1 aliphatic heterocycles. The minimum atomic E-state index is -3.50. The van der Waals surface area contributed by atoms with E-state index in [9.17, 15) is 12.8 Å². The predicted molar refractivity (Wildman–Crippen MR) is 111 cm³/mol. The van der Waals surface area contributed by atoms with Crippen molar-refractivity contribution in [2.45, 2.75) is 50.5 Å². The molecule has 30 heavy (non-hydrogen) atoms. The van der Waals surface area contributed by atoms with Crippen molar-refractivity contribution in [3.8, 4) is 17.6 Å². The highest BCUT2D eigenvalue weighted by Crippen LogP contribution is 2.28. The minimum absolute atomic E-state index is 0.0317. The van der Waals surface area contributed by atoms with Crippen LogP contribution in [0.15, 0.2) is 29.3 Å². The average molecular weight is 438 g/mol. The van der Waals surface area contributed by atoms with Gasteiger partial charge in [-0.05, 0) is 50.9 Å². The van der Waals surface area contributed by atoms with Crippen LogP contribution in [0.5, 0.6) is 17.6 Å². The molecule has 164 valence electrons. The van der Waals surface area contributed by atoms with Gasteiger partial charge in [0.1, 0.15) is 6.10 Å². The Morgan fingerprint density at radius 1 is 1.27 bits per heavy atom. The number of aryl methyl sites for hydroxylation is 1. The molecule has 1 saturated heterocycles. The van der Waals surface area contributed by atoms with E-state index in [0.717, 1.165) is 44.8 Å². The Balaban J connectivity index is 1.66. The molecule has 0 saturated carbocycles. The van der Waals surface area contributed by atoms with Crippen LogP contribution >= 0.6 is 0 Å². The van der Waals surface area contributed by atoms with Crippen molar-refractivity contribution in [3.05, 3.63) is 35.8 Å². The van der Waals surface area contributed by atoms with E-state index in [1.807, 2.05) is 0 Å². The predicted octanol–water partition coefficient (Wildman–Crippen LogP) is 3.76. The summed E-state index contributed by atoms with van der Waals surface area (Å²) in [6.07, 6.45) is 6.82. The summed E-state index contributed by atoms with van der Waals surface area (Å²) >= 11 is 0. The first-order valence-electron chi connectivity index (χ1n) is 10.2. The fourth-order valence-electron chi connectivity index (χ4n) is 3.25. The molecular formula is C21H28FN3O4S. The van der Waals surface area contributed by atoms with Gasteiger partial charge in [0.25, 0.3) is 0 Å². The topological polar surface area (TPSA) is 81.6 Å². The lowest BCUT2D eigenvalue weighted by Gasteiger charge is -2.31. The number of unbranched alkanes of at least 4 members (excludes halogenated alkanes) is 1. The summed E-state index contributed by atoms with van der Waals surface area (Å²) < 4.78 is 49.0. The highest BCUT2D eigenvalue weighted by Gasteiger charge is 2.22. The maximum Gasteiger partial charge on any atom is 0.319 e. The Hall–Kier alpha value is -2.26. The van der Waals surface area contributed by atoms with Crippen LogP contribution in [0.2, 0.25) is 0 Å². The van der Waals surface area contributed by atoms with Gasteiger partial charge in [0.15, 0.2) is 21.4 Å².